The Morgan fingerprint density at radius 1 is 1.22 bits per heavy atom. The first kappa shape index (κ1) is 19.9. The molecule has 0 radical (unpaired) electrons. The fourth-order valence-corrected chi connectivity index (χ4v) is 4.34. The molecular weight excluding hydrogens is 426 g/mol. The van der Waals surface area contributed by atoms with Crippen LogP contribution in [0.4, 0.5) is 0 Å². The van der Waals surface area contributed by atoms with Gasteiger partial charge in [-0.2, -0.15) is 15.5 Å². The van der Waals surface area contributed by atoms with E-state index in [1.54, 1.807) is 42.3 Å². The van der Waals surface area contributed by atoms with Crippen LogP contribution in [0.3, 0.4) is 0 Å². The average molecular weight is 442 g/mol. The summed E-state index contributed by atoms with van der Waals surface area (Å²) in [5.41, 5.74) is 9.99. The molecule has 0 atom stereocenters. The molecule has 3 heterocycles. The molecule has 0 saturated carbocycles. The van der Waals surface area contributed by atoms with Crippen molar-refractivity contribution in [1.82, 2.24) is 25.0 Å². The van der Waals surface area contributed by atoms with Crippen molar-refractivity contribution < 1.29 is 0 Å². The third kappa shape index (κ3) is 2.95. The van der Waals surface area contributed by atoms with E-state index in [0.717, 1.165) is 16.5 Å². The molecule has 5 rings (SSSR count). The summed E-state index contributed by atoms with van der Waals surface area (Å²) in [7, 11) is 1.79. The van der Waals surface area contributed by atoms with Crippen molar-refractivity contribution in [2.75, 3.05) is 0 Å². The van der Waals surface area contributed by atoms with E-state index in [0.29, 0.717) is 43.8 Å². The Balaban J connectivity index is 1.82. The van der Waals surface area contributed by atoms with E-state index in [1.807, 2.05) is 18.2 Å². The topological polar surface area (TPSA) is 126 Å². The zero-order chi connectivity index (χ0) is 22.4. The molecule has 0 aliphatic heterocycles. The van der Waals surface area contributed by atoms with E-state index in [2.05, 4.69) is 26.3 Å². The SMILES string of the molecule is Cn1ncc(-c2ccc3c(=O)[nH]nc(CN)c3c2)c1-c1c(C#N)cc2ncccc2c1Cl. The highest BCUT2D eigenvalue weighted by Gasteiger charge is 2.22. The summed E-state index contributed by atoms with van der Waals surface area (Å²) in [6, 6.07) is 13.1. The van der Waals surface area contributed by atoms with Crippen molar-refractivity contribution in [2.45, 2.75) is 6.54 Å². The third-order valence-corrected chi connectivity index (χ3v) is 5.91. The number of hydrogen-bond donors (Lipinski definition) is 2. The number of aryl methyl sites for hydroxylation is 1. The van der Waals surface area contributed by atoms with E-state index in [-0.39, 0.29) is 12.1 Å². The van der Waals surface area contributed by atoms with Gasteiger partial charge in [0.25, 0.3) is 5.56 Å². The first-order valence-electron chi connectivity index (χ1n) is 9.75. The summed E-state index contributed by atoms with van der Waals surface area (Å²) < 4.78 is 1.68. The fourth-order valence-electron chi connectivity index (χ4n) is 3.99. The lowest BCUT2D eigenvalue weighted by atomic mass is 9.95. The van der Waals surface area contributed by atoms with Crippen LogP contribution in [0.25, 0.3) is 44.1 Å². The predicted octanol–water partition coefficient (Wildman–Crippen LogP) is 3.52. The zero-order valence-electron chi connectivity index (χ0n) is 16.9. The van der Waals surface area contributed by atoms with Gasteiger partial charge in [0, 0.05) is 41.7 Å². The molecule has 0 amide bonds. The molecule has 0 spiro atoms. The average Bonchev–Trinajstić information content (AvgIpc) is 3.20. The number of nitriles is 1. The van der Waals surface area contributed by atoms with Gasteiger partial charge in [-0.1, -0.05) is 17.7 Å². The molecule has 5 aromatic rings. The Hall–Kier alpha value is -4.06. The van der Waals surface area contributed by atoms with Gasteiger partial charge in [-0.05, 0) is 35.9 Å². The van der Waals surface area contributed by atoms with Crippen LogP contribution in [0.5, 0.6) is 0 Å². The van der Waals surface area contributed by atoms with E-state index in [1.165, 1.54) is 0 Å². The number of aromatic amines is 1. The molecule has 0 aliphatic carbocycles. The highest BCUT2D eigenvalue weighted by atomic mass is 35.5. The van der Waals surface area contributed by atoms with Gasteiger partial charge >= 0.3 is 0 Å². The monoisotopic (exact) mass is 441 g/mol. The number of aromatic nitrogens is 5. The van der Waals surface area contributed by atoms with Gasteiger partial charge in [0.1, 0.15) is 0 Å². The second kappa shape index (κ2) is 7.57. The minimum Gasteiger partial charge on any atom is -0.325 e. The maximum absolute atomic E-state index is 12.2. The minimum absolute atomic E-state index is 0.179. The van der Waals surface area contributed by atoms with Crippen LogP contribution in [0.2, 0.25) is 5.02 Å². The Kier molecular flexibility index (Phi) is 4.70. The number of fused-ring (bicyclic) bond motifs is 2. The van der Waals surface area contributed by atoms with Crippen molar-refractivity contribution in [3.8, 4) is 28.5 Å². The molecule has 32 heavy (non-hydrogen) atoms. The molecule has 3 N–H and O–H groups in total. The summed E-state index contributed by atoms with van der Waals surface area (Å²) in [5.74, 6) is 0. The van der Waals surface area contributed by atoms with Crippen molar-refractivity contribution in [1.29, 1.82) is 5.26 Å². The summed E-state index contributed by atoms with van der Waals surface area (Å²) in [6.07, 6.45) is 3.37. The number of nitrogens with zero attached hydrogens (tertiary/aromatic N) is 5. The molecule has 9 heteroatoms. The van der Waals surface area contributed by atoms with Crippen molar-refractivity contribution in [3.63, 3.8) is 0 Å². The molecule has 8 nitrogen and oxygen atoms in total. The van der Waals surface area contributed by atoms with Crippen LogP contribution in [0, 0.1) is 11.3 Å². The smallest absolute Gasteiger partial charge is 0.272 e. The van der Waals surface area contributed by atoms with Crippen LogP contribution >= 0.6 is 11.6 Å². The van der Waals surface area contributed by atoms with Gasteiger partial charge in [-0.15, -0.1) is 0 Å². The molecule has 0 saturated heterocycles. The third-order valence-electron chi connectivity index (χ3n) is 5.51. The minimum atomic E-state index is -0.285. The Bertz CT molecular complexity index is 1630. The first-order valence-corrected chi connectivity index (χ1v) is 10.1. The summed E-state index contributed by atoms with van der Waals surface area (Å²) in [5, 5.41) is 23.2. The van der Waals surface area contributed by atoms with E-state index in [9.17, 15) is 10.1 Å². The number of rotatable bonds is 3. The maximum Gasteiger partial charge on any atom is 0.272 e. The molecule has 2 aromatic carbocycles. The van der Waals surface area contributed by atoms with Gasteiger partial charge in [0.15, 0.2) is 0 Å². The Labute approximate surface area is 186 Å². The fraction of sp³-hybridized carbons (Fsp3) is 0.0870. The number of pyridine rings is 1. The number of nitrogens with two attached hydrogens (primary N) is 1. The second-order valence-corrected chi connectivity index (χ2v) is 7.67. The summed E-state index contributed by atoms with van der Waals surface area (Å²) >= 11 is 6.81. The van der Waals surface area contributed by atoms with Gasteiger partial charge < -0.3 is 5.73 Å². The lowest BCUT2D eigenvalue weighted by molar-refractivity contribution is 0.776. The van der Waals surface area contributed by atoms with Crippen LogP contribution in [0.15, 0.2) is 53.6 Å². The predicted molar refractivity (Wildman–Crippen MR) is 123 cm³/mol. The van der Waals surface area contributed by atoms with Crippen molar-refractivity contribution >= 4 is 33.3 Å². The summed E-state index contributed by atoms with van der Waals surface area (Å²) in [4.78, 5) is 16.5. The maximum atomic E-state index is 12.2. The van der Waals surface area contributed by atoms with Crippen LogP contribution in [-0.2, 0) is 13.6 Å². The number of halogens is 1. The standard InChI is InChI=1S/C23H16ClN7O/c1-31-22(20-13(9-25)8-18-15(21(20)24)3-2-6-27-18)17(11-28-31)12-4-5-14-16(7-12)19(10-26)29-30-23(14)32/h2-8,11H,10,26H2,1H3,(H,30,32). The zero-order valence-corrected chi connectivity index (χ0v) is 17.7. The highest BCUT2D eigenvalue weighted by molar-refractivity contribution is 6.38. The van der Waals surface area contributed by atoms with Gasteiger partial charge in [0.2, 0.25) is 0 Å². The van der Waals surface area contributed by atoms with E-state index >= 15 is 0 Å². The molecule has 0 aliphatic rings. The highest BCUT2D eigenvalue weighted by Crippen LogP contribution is 2.41. The Morgan fingerprint density at radius 3 is 2.84 bits per heavy atom. The summed E-state index contributed by atoms with van der Waals surface area (Å²) in [6.45, 7) is 0.179. The van der Waals surface area contributed by atoms with Gasteiger partial charge in [-0.25, -0.2) is 5.10 Å². The normalized spacial score (nSPS) is 11.2. The first-order chi connectivity index (χ1) is 15.5. The molecular formula is C23H16ClN7O. The Morgan fingerprint density at radius 2 is 2.06 bits per heavy atom. The van der Waals surface area contributed by atoms with Crippen molar-refractivity contribution in [2.24, 2.45) is 12.8 Å². The van der Waals surface area contributed by atoms with Gasteiger partial charge in [0.05, 0.1) is 45.1 Å². The lowest BCUT2D eigenvalue weighted by Crippen LogP contribution is -2.13. The van der Waals surface area contributed by atoms with Crippen LogP contribution in [0.1, 0.15) is 11.3 Å². The number of nitrogens with one attached hydrogen (secondary N) is 1. The lowest BCUT2D eigenvalue weighted by Gasteiger charge is -2.13. The van der Waals surface area contributed by atoms with Crippen LogP contribution < -0.4 is 11.3 Å². The van der Waals surface area contributed by atoms with E-state index < -0.39 is 0 Å². The second-order valence-electron chi connectivity index (χ2n) is 7.29. The largest absolute Gasteiger partial charge is 0.325 e. The molecule has 0 bridgehead atoms. The van der Waals surface area contributed by atoms with E-state index in [4.69, 9.17) is 17.3 Å². The van der Waals surface area contributed by atoms with Gasteiger partial charge in [-0.3, -0.25) is 14.5 Å². The number of benzene rings is 2. The molecule has 0 fully saturated rings. The number of hydrogen-bond acceptors (Lipinski definition) is 6. The van der Waals surface area contributed by atoms with Crippen LogP contribution in [-0.4, -0.2) is 25.0 Å². The molecule has 156 valence electrons. The molecule has 0 unspecified atom stereocenters. The molecule has 3 aromatic heterocycles. The quantitative estimate of drug-likeness (QED) is 0.441. The van der Waals surface area contributed by atoms with Crippen molar-refractivity contribution in [3.05, 3.63) is 75.4 Å². The number of H-pyrrole nitrogens is 1.